The molecule has 1 rings (SSSR count). The molecule has 0 aliphatic rings. The van der Waals surface area contributed by atoms with Gasteiger partial charge < -0.3 is 5.32 Å². The Hall–Kier alpha value is -1.16. The van der Waals surface area contributed by atoms with E-state index in [2.05, 4.69) is 26.1 Å². The van der Waals surface area contributed by atoms with Crippen LogP contribution in [0.5, 0.6) is 0 Å². The van der Waals surface area contributed by atoms with Gasteiger partial charge in [-0.25, -0.2) is 8.78 Å². The Morgan fingerprint density at radius 2 is 1.95 bits per heavy atom. The maximum atomic E-state index is 13.0. The molecule has 0 spiro atoms. The van der Waals surface area contributed by atoms with Crippen molar-refractivity contribution in [2.75, 3.05) is 6.54 Å². The minimum Gasteiger partial charge on any atom is -0.351 e. The van der Waals surface area contributed by atoms with Gasteiger partial charge in [0.05, 0.1) is 5.38 Å². The first-order chi connectivity index (χ1) is 8.69. The number of alkyl halides is 1. The summed E-state index contributed by atoms with van der Waals surface area (Å²) in [7, 11) is 0. The van der Waals surface area contributed by atoms with Gasteiger partial charge in [-0.05, 0) is 30.0 Å². The van der Waals surface area contributed by atoms with Gasteiger partial charge in [-0.1, -0.05) is 20.8 Å². The Bertz CT molecular complexity index is 457. The predicted molar refractivity (Wildman–Crippen MR) is 72.4 cm³/mol. The van der Waals surface area contributed by atoms with Gasteiger partial charge in [-0.3, -0.25) is 4.79 Å². The third kappa shape index (κ3) is 5.55. The van der Waals surface area contributed by atoms with Crippen LogP contribution in [0.4, 0.5) is 8.78 Å². The van der Waals surface area contributed by atoms with Gasteiger partial charge in [0, 0.05) is 12.1 Å². The van der Waals surface area contributed by atoms with Crippen molar-refractivity contribution in [2.45, 2.75) is 32.6 Å². The van der Waals surface area contributed by atoms with Crippen molar-refractivity contribution in [3.05, 3.63) is 35.4 Å². The van der Waals surface area contributed by atoms with Crippen LogP contribution in [0.3, 0.4) is 0 Å². The maximum absolute atomic E-state index is 13.0. The molecular formula is C14H18ClF2NO. The van der Waals surface area contributed by atoms with Gasteiger partial charge >= 0.3 is 0 Å². The summed E-state index contributed by atoms with van der Waals surface area (Å²) in [4.78, 5) is 11.7. The van der Waals surface area contributed by atoms with Crippen LogP contribution in [0.15, 0.2) is 18.2 Å². The molecule has 5 heteroatoms. The van der Waals surface area contributed by atoms with E-state index in [0.29, 0.717) is 0 Å². The zero-order chi connectivity index (χ0) is 14.6. The van der Waals surface area contributed by atoms with E-state index < -0.39 is 17.5 Å². The van der Waals surface area contributed by atoms with Crippen molar-refractivity contribution in [3.63, 3.8) is 0 Å². The van der Waals surface area contributed by atoms with Crippen LogP contribution in [0.2, 0.25) is 0 Å². The summed E-state index contributed by atoms with van der Waals surface area (Å²) in [5.41, 5.74) is 0.151. The quantitative estimate of drug-likeness (QED) is 0.841. The van der Waals surface area contributed by atoms with Gasteiger partial charge in [-0.2, -0.15) is 0 Å². The van der Waals surface area contributed by atoms with E-state index in [0.717, 1.165) is 18.6 Å². The van der Waals surface area contributed by atoms with E-state index in [1.807, 2.05) is 0 Å². The van der Waals surface area contributed by atoms with E-state index >= 15 is 0 Å². The predicted octanol–water partition coefficient (Wildman–Crippen LogP) is 3.74. The third-order valence-electron chi connectivity index (χ3n) is 2.50. The number of hydrogen-bond donors (Lipinski definition) is 1. The molecular weight excluding hydrogens is 272 g/mol. The molecule has 0 heterocycles. The number of amides is 1. The first kappa shape index (κ1) is 15.9. The smallest absolute Gasteiger partial charge is 0.251 e. The molecule has 0 radical (unpaired) electrons. The number of carbonyl (C=O) groups excluding carboxylic acids is 1. The fraction of sp³-hybridized carbons (Fsp3) is 0.500. The lowest BCUT2D eigenvalue weighted by molar-refractivity contribution is 0.0951. The first-order valence-corrected chi connectivity index (χ1v) is 6.50. The number of rotatable bonds is 4. The normalized spacial score (nSPS) is 13.2. The lowest BCUT2D eigenvalue weighted by Crippen LogP contribution is -2.31. The van der Waals surface area contributed by atoms with Gasteiger partial charge in [0.15, 0.2) is 11.6 Å². The lowest BCUT2D eigenvalue weighted by Gasteiger charge is -2.22. The van der Waals surface area contributed by atoms with Gasteiger partial charge in [-0.15, -0.1) is 11.6 Å². The molecule has 19 heavy (non-hydrogen) atoms. The molecule has 1 unspecified atom stereocenters. The maximum Gasteiger partial charge on any atom is 0.251 e. The molecule has 0 bridgehead atoms. The largest absolute Gasteiger partial charge is 0.351 e. The van der Waals surface area contributed by atoms with Crippen molar-refractivity contribution in [3.8, 4) is 0 Å². The van der Waals surface area contributed by atoms with Crippen molar-refractivity contribution in [1.29, 1.82) is 0 Å². The van der Waals surface area contributed by atoms with E-state index in [9.17, 15) is 13.6 Å². The van der Waals surface area contributed by atoms with Crippen molar-refractivity contribution in [1.82, 2.24) is 5.32 Å². The standard InChI is InChI=1S/C14H18ClF2NO/c1-14(2,3)7-10(15)8-18-13(19)9-4-5-11(16)12(17)6-9/h4-6,10H,7-8H2,1-3H3,(H,18,19). The zero-order valence-electron chi connectivity index (χ0n) is 11.3. The average molecular weight is 290 g/mol. The van der Waals surface area contributed by atoms with Crippen LogP contribution in [0.1, 0.15) is 37.6 Å². The van der Waals surface area contributed by atoms with E-state index in [4.69, 9.17) is 11.6 Å². The lowest BCUT2D eigenvalue weighted by atomic mass is 9.90. The molecule has 2 nitrogen and oxygen atoms in total. The zero-order valence-corrected chi connectivity index (χ0v) is 12.0. The van der Waals surface area contributed by atoms with Crippen molar-refractivity contribution >= 4 is 17.5 Å². The Morgan fingerprint density at radius 3 is 2.47 bits per heavy atom. The molecule has 1 N–H and O–H groups in total. The van der Waals surface area contributed by atoms with E-state index in [-0.39, 0.29) is 22.9 Å². The van der Waals surface area contributed by atoms with Gasteiger partial charge in [0.2, 0.25) is 0 Å². The summed E-state index contributed by atoms with van der Waals surface area (Å²) in [6.07, 6.45) is 0.743. The van der Waals surface area contributed by atoms with E-state index in [1.165, 1.54) is 6.07 Å². The summed E-state index contributed by atoms with van der Waals surface area (Å²) in [6.45, 7) is 6.45. The molecule has 0 fully saturated rings. The fourth-order valence-electron chi connectivity index (χ4n) is 1.68. The highest BCUT2D eigenvalue weighted by Crippen LogP contribution is 2.23. The second-order valence-electron chi connectivity index (χ2n) is 5.70. The average Bonchev–Trinajstić information content (AvgIpc) is 2.27. The summed E-state index contributed by atoms with van der Waals surface area (Å²) >= 11 is 6.10. The number of hydrogen-bond acceptors (Lipinski definition) is 1. The van der Waals surface area contributed by atoms with Crippen LogP contribution in [-0.4, -0.2) is 17.8 Å². The van der Waals surface area contributed by atoms with Gasteiger partial charge in [0.1, 0.15) is 0 Å². The molecule has 1 atom stereocenters. The van der Waals surface area contributed by atoms with Crippen LogP contribution in [0.25, 0.3) is 0 Å². The molecule has 1 aromatic carbocycles. The Kier molecular flexibility index (Phi) is 5.29. The van der Waals surface area contributed by atoms with Crippen molar-refractivity contribution in [2.24, 2.45) is 5.41 Å². The van der Waals surface area contributed by atoms with Crippen LogP contribution < -0.4 is 5.32 Å². The molecule has 0 aliphatic heterocycles. The monoisotopic (exact) mass is 289 g/mol. The molecule has 0 aromatic heterocycles. The molecule has 106 valence electrons. The molecule has 1 amide bonds. The topological polar surface area (TPSA) is 29.1 Å². The number of benzene rings is 1. The summed E-state index contributed by atoms with van der Waals surface area (Å²) in [6, 6.07) is 3.04. The molecule has 1 aromatic rings. The second kappa shape index (κ2) is 6.33. The highest BCUT2D eigenvalue weighted by molar-refractivity contribution is 6.21. The summed E-state index contributed by atoms with van der Waals surface area (Å²) < 4.78 is 25.7. The fourth-order valence-corrected chi connectivity index (χ4v) is 2.22. The van der Waals surface area contributed by atoms with Crippen LogP contribution in [-0.2, 0) is 0 Å². The minimum absolute atomic E-state index is 0.0686. The molecule has 0 saturated heterocycles. The van der Waals surface area contributed by atoms with Crippen LogP contribution in [0, 0.1) is 17.0 Å². The Morgan fingerprint density at radius 1 is 1.32 bits per heavy atom. The van der Waals surface area contributed by atoms with E-state index in [1.54, 1.807) is 0 Å². The SMILES string of the molecule is CC(C)(C)CC(Cl)CNC(=O)c1ccc(F)c(F)c1. The Balaban J connectivity index is 2.53. The second-order valence-corrected chi connectivity index (χ2v) is 6.32. The highest BCUT2D eigenvalue weighted by Gasteiger charge is 2.18. The molecule has 0 saturated carbocycles. The first-order valence-electron chi connectivity index (χ1n) is 6.06. The van der Waals surface area contributed by atoms with Crippen LogP contribution >= 0.6 is 11.6 Å². The highest BCUT2D eigenvalue weighted by atomic mass is 35.5. The number of carbonyl (C=O) groups is 1. The minimum atomic E-state index is -1.04. The molecule has 0 aliphatic carbocycles. The number of halogens is 3. The Labute approximate surface area is 117 Å². The summed E-state index contributed by atoms with van der Waals surface area (Å²) in [5, 5.41) is 2.41. The summed E-state index contributed by atoms with van der Waals surface area (Å²) in [5.74, 6) is -2.47. The van der Waals surface area contributed by atoms with Gasteiger partial charge in [0.25, 0.3) is 5.91 Å². The number of nitrogens with one attached hydrogen (secondary N) is 1. The third-order valence-corrected chi connectivity index (χ3v) is 2.81. The van der Waals surface area contributed by atoms with Crippen molar-refractivity contribution < 1.29 is 13.6 Å².